The molecule has 0 saturated heterocycles. The number of fused-ring (bicyclic) bond motifs is 1. The second-order valence-electron chi connectivity index (χ2n) is 9.58. The van der Waals surface area contributed by atoms with Gasteiger partial charge in [-0.3, -0.25) is 9.80 Å². The van der Waals surface area contributed by atoms with Crippen LogP contribution in [0.2, 0.25) is 0 Å². The summed E-state index contributed by atoms with van der Waals surface area (Å²) in [6.45, 7) is 3.00. The highest BCUT2D eigenvalue weighted by molar-refractivity contribution is 5.91. The number of alkyl halides is 6. The Hall–Kier alpha value is -3.88. The number of hydrogen-bond acceptors (Lipinski definition) is 7. The first-order valence-corrected chi connectivity index (χ1v) is 13.1. The summed E-state index contributed by atoms with van der Waals surface area (Å²) < 4.78 is 108. The van der Waals surface area contributed by atoms with Crippen molar-refractivity contribution in [3.8, 4) is 11.5 Å². The van der Waals surface area contributed by atoms with E-state index in [1.807, 2.05) is 0 Å². The molecule has 15 heteroatoms. The molecule has 0 aromatic heterocycles. The van der Waals surface area contributed by atoms with Crippen molar-refractivity contribution >= 4 is 17.9 Å². The van der Waals surface area contributed by atoms with Gasteiger partial charge in [-0.15, -0.1) is 0 Å². The third-order valence-electron chi connectivity index (χ3n) is 6.73. The van der Waals surface area contributed by atoms with Crippen LogP contribution in [0.15, 0.2) is 30.3 Å². The van der Waals surface area contributed by atoms with Crippen LogP contribution < -0.4 is 14.4 Å². The zero-order valence-corrected chi connectivity index (χ0v) is 24.1. The lowest BCUT2D eigenvalue weighted by molar-refractivity contribution is -0.143. The highest BCUT2D eigenvalue weighted by atomic mass is 19.4. The molecular weight excluding hydrogens is 590 g/mol. The minimum Gasteiger partial charge on any atom is -0.493 e. The van der Waals surface area contributed by atoms with E-state index in [2.05, 4.69) is 0 Å². The number of rotatable bonds is 9. The van der Waals surface area contributed by atoms with E-state index in [1.165, 1.54) is 31.3 Å². The molecule has 43 heavy (non-hydrogen) atoms. The van der Waals surface area contributed by atoms with Crippen molar-refractivity contribution in [1.29, 1.82) is 0 Å². The van der Waals surface area contributed by atoms with Gasteiger partial charge in [-0.2, -0.15) is 26.3 Å². The van der Waals surface area contributed by atoms with Gasteiger partial charge in [0.05, 0.1) is 50.3 Å². The lowest BCUT2D eigenvalue weighted by Crippen LogP contribution is -2.47. The molecule has 0 aliphatic carbocycles. The van der Waals surface area contributed by atoms with E-state index < -0.39 is 59.9 Å². The van der Waals surface area contributed by atoms with Crippen LogP contribution in [0.1, 0.15) is 48.6 Å². The van der Waals surface area contributed by atoms with Crippen LogP contribution in [0.25, 0.3) is 0 Å². The van der Waals surface area contributed by atoms with Crippen molar-refractivity contribution in [3.05, 3.63) is 52.6 Å². The van der Waals surface area contributed by atoms with Gasteiger partial charge in [0.25, 0.3) is 0 Å². The van der Waals surface area contributed by atoms with Gasteiger partial charge in [-0.25, -0.2) is 9.59 Å². The van der Waals surface area contributed by atoms with Gasteiger partial charge in [0.2, 0.25) is 0 Å². The summed E-state index contributed by atoms with van der Waals surface area (Å²) in [5.74, 6) is 0.416. The Morgan fingerprint density at radius 1 is 0.930 bits per heavy atom. The van der Waals surface area contributed by atoms with Gasteiger partial charge in [0.1, 0.15) is 6.61 Å². The van der Waals surface area contributed by atoms with Gasteiger partial charge in [-0.1, -0.05) is 0 Å². The summed E-state index contributed by atoms with van der Waals surface area (Å²) in [6.07, 6.45) is -11.9. The number of methoxy groups -OCH3 is 3. The molecule has 238 valence electrons. The summed E-state index contributed by atoms with van der Waals surface area (Å²) in [7, 11) is 3.87. The molecule has 2 aromatic carbocycles. The third kappa shape index (κ3) is 7.75. The molecule has 0 saturated carbocycles. The Bertz CT molecular complexity index is 1270. The van der Waals surface area contributed by atoms with Crippen LogP contribution in [0.3, 0.4) is 0 Å². The minimum atomic E-state index is -5.08. The standard InChI is InChI=1S/C28H32F6N2O7/c1-6-42-26(38)36-16(2)9-21(20-13-23(40-4)24(14-22(20)36)43-8-7-39-3)35(25(37)41-5)15-17-10-18(27(29,30)31)12-19(11-17)28(32,33)34/h10-14,16,21H,6-9,15H2,1-5H3. The number of hydrogen-bond donors (Lipinski definition) is 0. The molecule has 9 nitrogen and oxygen atoms in total. The summed E-state index contributed by atoms with van der Waals surface area (Å²) in [5, 5.41) is 0. The maximum absolute atomic E-state index is 13.6. The van der Waals surface area contributed by atoms with Gasteiger partial charge in [0.15, 0.2) is 11.5 Å². The Morgan fingerprint density at radius 3 is 2.07 bits per heavy atom. The van der Waals surface area contributed by atoms with E-state index in [0.717, 1.165) is 12.0 Å². The Kier molecular flexibility index (Phi) is 10.6. The minimum absolute atomic E-state index is 0.0111. The van der Waals surface area contributed by atoms with E-state index >= 15 is 0 Å². The van der Waals surface area contributed by atoms with E-state index in [9.17, 15) is 35.9 Å². The van der Waals surface area contributed by atoms with Gasteiger partial charge in [0, 0.05) is 31.3 Å². The van der Waals surface area contributed by atoms with Crippen molar-refractivity contribution in [2.75, 3.05) is 46.0 Å². The normalized spacial score (nSPS) is 16.8. The zero-order valence-electron chi connectivity index (χ0n) is 24.1. The van der Waals surface area contributed by atoms with E-state index in [4.69, 9.17) is 23.7 Å². The highest BCUT2D eigenvalue weighted by Crippen LogP contribution is 2.47. The molecule has 1 heterocycles. The van der Waals surface area contributed by atoms with Crippen LogP contribution >= 0.6 is 0 Å². The molecule has 0 spiro atoms. The summed E-state index contributed by atoms with van der Waals surface area (Å²) >= 11 is 0. The van der Waals surface area contributed by atoms with E-state index in [-0.39, 0.29) is 49.5 Å². The Balaban J connectivity index is 2.20. The predicted octanol–water partition coefficient (Wildman–Crippen LogP) is 6.82. The van der Waals surface area contributed by atoms with Crippen molar-refractivity contribution < 1.29 is 59.6 Å². The molecule has 1 aliphatic rings. The van der Waals surface area contributed by atoms with Crippen LogP contribution in [0.5, 0.6) is 11.5 Å². The van der Waals surface area contributed by atoms with Gasteiger partial charge >= 0.3 is 24.5 Å². The van der Waals surface area contributed by atoms with Crippen LogP contribution in [-0.2, 0) is 33.1 Å². The van der Waals surface area contributed by atoms with Crippen molar-refractivity contribution in [3.63, 3.8) is 0 Å². The zero-order chi connectivity index (χ0) is 32.1. The van der Waals surface area contributed by atoms with Crippen molar-refractivity contribution in [2.45, 2.75) is 51.2 Å². The SMILES string of the molecule is CCOC(=O)N1c2cc(OCCOC)c(OC)cc2C(N(Cc2cc(C(F)(F)F)cc(C(F)(F)F)c2)C(=O)OC)CC1C. The van der Waals surface area contributed by atoms with Crippen LogP contribution in [0.4, 0.5) is 41.6 Å². The molecule has 0 radical (unpaired) electrons. The number of ether oxygens (including phenoxy) is 5. The average molecular weight is 623 g/mol. The topological polar surface area (TPSA) is 86.8 Å². The first-order chi connectivity index (χ1) is 20.2. The first kappa shape index (κ1) is 33.6. The molecule has 2 atom stereocenters. The Labute approximate surface area is 244 Å². The lowest BCUT2D eigenvalue weighted by Gasteiger charge is -2.42. The highest BCUT2D eigenvalue weighted by Gasteiger charge is 2.41. The van der Waals surface area contributed by atoms with Gasteiger partial charge in [-0.05, 0) is 50.1 Å². The number of benzene rings is 2. The average Bonchev–Trinajstić information content (AvgIpc) is 2.94. The van der Waals surface area contributed by atoms with Crippen LogP contribution in [0, 0.1) is 0 Å². The fourth-order valence-corrected chi connectivity index (χ4v) is 4.83. The lowest BCUT2D eigenvalue weighted by atomic mass is 9.90. The maximum atomic E-state index is 13.6. The smallest absolute Gasteiger partial charge is 0.416 e. The molecule has 0 fully saturated rings. The maximum Gasteiger partial charge on any atom is 0.416 e. The molecule has 3 rings (SSSR count). The summed E-state index contributed by atoms with van der Waals surface area (Å²) in [6, 6.07) is 2.48. The molecule has 2 unspecified atom stereocenters. The molecule has 2 aromatic rings. The van der Waals surface area contributed by atoms with Crippen LogP contribution in [-0.4, -0.2) is 64.3 Å². The number of nitrogens with zero attached hydrogens (tertiary/aromatic N) is 2. The predicted molar refractivity (Wildman–Crippen MR) is 141 cm³/mol. The van der Waals surface area contributed by atoms with Gasteiger partial charge < -0.3 is 23.7 Å². The summed E-state index contributed by atoms with van der Waals surface area (Å²) in [4.78, 5) is 28.4. The monoisotopic (exact) mass is 622 g/mol. The third-order valence-corrected chi connectivity index (χ3v) is 6.73. The quantitative estimate of drug-likeness (QED) is 0.224. The molecular formula is C28H32F6N2O7. The molecule has 0 bridgehead atoms. The number of carbonyl (C=O) groups excluding carboxylic acids is 2. The van der Waals surface area contributed by atoms with E-state index in [1.54, 1.807) is 13.8 Å². The fourth-order valence-electron chi connectivity index (χ4n) is 4.83. The number of carbonyl (C=O) groups is 2. The molecule has 1 aliphatic heterocycles. The summed E-state index contributed by atoms with van der Waals surface area (Å²) in [5.41, 5.74) is -2.93. The molecule has 0 N–H and O–H groups in total. The number of amides is 2. The number of halogens is 6. The fraction of sp³-hybridized carbons (Fsp3) is 0.500. The first-order valence-electron chi connectivity index (χ1n) is 13.1. The van der Waals surface area contributed by atoms with E-state index in [0.29, 0.717) is 17.7 Å². The number of anilines is 1. The Morgan fingerprint density at radius 2 is 1.56 bits per heavy atom. The van der Waals surface area contributed by atoms with Crippen molar-refractivity contribution in [1.82, 2.24) is 4.90 Å². The second kappa shape index (κ2) is 13.6. The molecule has 2 amide bonds. The van der Waals surface area contributed by atoms with Crippen molar-refractivity contribution in [2.24, 2.45) is 0 Å². The second-order valence-corrected chi connectivity index (χ2v) is 9.58. The largest absolute Gasteiger partial charge is 0.493 e.